The van der Waals surface area contributed by atoms with Crippen LogP contribution in [-0.4, -0.2) is 12.6 Å². The van der Waals surface area contributed by atoms with Crippen LogP contribution >= 0.6 is 0 Å². The lowest BCUT2D eigenvalue weighted by molar-refractivity contribution is 0.324. The fraction of sp³-hybridized carbons (Fsp3) is 0.667. The summed E-state index contributed by atoms with van der Waals surface area (Å²) in [4.78, 5) is 0. The molecule has 1 aliphatic rings. The molecule has 0 radical (unpaired) electrons. The predicted molar refractivity (Wildman–Crippen MR) is 88.2 cm³/mol. The summed E-state index contributed by atoms with van der Waals surface area (Å²) < 4.78 is 0. The van der Waals surface area contributed by atoms with E-state index in [2.05, 4.69) is 50.4 Å². The minimum Gasteiger partial charge on any atom is -0.382 e. The third-order valence-corrected chi connectivity index (χ3v) is 4.54. The summed E-state index contributed by atoms with van der Waals surface area (Å²) in [5, 5.41) is 3.69. The molecule has 3 N–H and O–H groups in total. The van der Waals surface area contributed by atoms with Crippen LogP contribution in [0, 0.1) is 5.92 Å². The average Bonchev–Trinajstić information content (AvgIpc) is 2.41. The van der Waals surface area contributed by atoms with E-state index in [4.69, 9.17) is 5.73 Å². The van der Waals surface area contributed by atoms with Crippen molar-refractivity contribution in [3.63, 3.8) is 0 Å². The van der Waals surface area contributed by atoms with Gasteiger partial charge in [0.15, 0.2) is 0 Å². The molecule has 0 bridgehead atoms. The SMILES string of the molecule is CC(C)(C)c1ccc(NC2CCC(CCN)CC2)cc1. The number of benzene rings is 1. The monoisotopic (exact) mass is 274 g/mol. The van der Waals surface area contributed by atoms with Crippen LogP contribution in [0.1, 0.15) is 58.4 Å². The minimum atomic E-state index is 0.235. The molecule has 20 heavy (non-hydrogen) atoms. The topological polar surface area (TPSA) is 38.0 Å². The number of nitrogens with two attached hydrogens (primary N) is 1. The van der Waals surface area contributed by atoms with Crippen molar-refractivity contribution in [1.82, 2.24) is 0 Å². The Morgan fingerprint density at radius 2 is 1.65 bits per heavy atom. The van der Waals surface area contributed by atoms with E-state index in [1.54, 1.807) is 0 Å². The zero-order valence-electron chi connectivity index (χ0n) is 13.3. The number of hydrogen-bond acceptors (Lipinski definition) is 2. The van der Waals surface area contributed by atoms with Crippen molar-refractivity contribution in [2.75, 3.05) is 11.9 Å². The van der Waals surface area contributed by atoms with Gasteiger partial charge >= 0.3 is 0 Å². The van der Waals surface area contributed by atoms with Crippen molar-refractivity contribution in [2.45, 2.75) is 64.3 Å². The van der Waals surface area contributed by atoms with E-state index in [9.17, 15) is 0 Å². The maximum atomic E-state index is 5.65. The Bertz CT molecular complexity index is 394. The van der Waals surface area contributed by atoms with E-state index in [0.29, 0.717) is 6.04 Å². The van der Waals surface area contributed by atoms with Gasteiger partial charge < -0.3 is 11.1 Å². The van der Waals surface area contributed by atoms with Crippen LogP contribution in [-0.2, 0) is 5.41 Å². The molecule has 0 amide bonds. The average molecular weight is 274 g/mol. The van der Waals surface area contributed by atoms with Crippen LogP contribution in [0.2, 0.25) is 0 Å². The van der Waals surface area contributed by atoms with E-state index in [-0.39, 0.29) is 5.41 Å². The summed E-state index contributed by atoms with van der Waals surface area (Å²) in [6.07, 6.45) is 6.42. The van der Waals surface area contributed by atoms with Gasteiger partial charge in [-0.2, -0.15) is 0 Å². The Kier molecular flexibility index (Phi) is 5.09. The second-order valence-electron chi connectivity index (χ2n) is 7.27. The van der Waals surface area contributed by atoms with Gasteiger partial charge in [-0.3, -0.25) is 0 Å². The predicted octanol–water partition coefficient (Wildman–Crippen LogP) is 4.30. The first-order valence-electron chi connectivity index (χ1n) is 8.06. The molecule has 0 aromatic heterocycles. The molecular formula is C18H30N2. The fourth-order valence-electron chi connectivity index (χ4n) is 3.13. The summed E-state index contributed by atoms with van der Waals surface area (Å²) in [5.74, 6) is 0.862. The first kappa shape index (κ1) is 15.4. The molecule has 1 fully saturated rings. The van der Waals surface area contributed by atoms with Crippen molar-refractivity contribution in [3.8, 4) is 0 Å². The van der Waals surface area contributed by atoms with Gasteiger partial charge in [-0.15, -0.1) is 0 Å². The third kappa shape index (κ3) is 4.24. The van der Waals surface area contributed by atoms with Crippen LogP contribution in [0.5, 0.6) is 0 Å². The lowest BCUT2D eigenvalue weighted by Gasteiger charge is -2.29. The molecule has 2 heteroatoms. The zero-order chi connectivity index (χ0) is 14.6. The second-order valence-corrected chi connectivity index (χ2v) is 7.27. The highest BCUT2D eigenvalue weighted by Gasteiger charge is 2.20. The van der Waals surface area contributed by atoms with Gasteiger partial charge in [0.05, 0.1) is 0 Å². The Labute approximate surface area is 124 Å². The smallest absolute Gasteiger partial charge is 0.0342 e. The van der Waals surface area contributed by atoms with Gasteiger partial charge in [0.25, 0.3) is 0 Å². The molecule has 0 heterocycles. The van der Waals surface area contributed by atoms with Gasteiger partial charge in [-0.1, -0.05) is 32.9 Å². The molecule has 2 rings (SSSR count). The molecule has 112 valence electrons. The molecule has 1 aliphatic carbocycles. The molecule has 0 aliphatic heterocycles. The van der Waals surface area contributed by atoms with Crippen LogP contribution in [0.3, 0.4) is 0 Å². The molecule has 0 unspecified atom stereocenters. The highest BCUT2D eigenvalue weighted by atomic mass is 14.9. The Hall–Kier alpha value is -1.02. The summed E-state index contributed by atoms with van der Waals surface area (Å²) in [6.45, 7) is 7.62. The molecule has 0 atom stereocenters. The van der Waals surface area contributed by atoms with Gasteiger partial charge in [0, 0.05) is 11.7 Å². The summed E-state index contributed by atoms with van der Waals surface area (Å²) in [5.41, 5.74) is 8.55. The lowest BCUT2D eigenvalue weighted by Crippen LogP contribution is -2.27. The van der Waals surface area contributed by atoms with Gasteiger partial charge in [0.1, 0.15) is 0 Å². The van der Waals surface area contributed by atoms with E-state index in [1.807, 2.05) is 0 Å². The number of hydrogen-bond donors (Lipinski definition) is 2. The molecule has 2 nitrogen and oxygen atoms in total. The van der Waals surface area contributed by atoms with E-state index in [0.717, 1.165) is 12.5 Å². The normalized spacial score (nSPS) is 23.6. The highest BCUT2D eigenvalue weighted by Crippen LogP contribution is 2.29. The van der Waals surface area contributed by atoms with E-state index in [1.165, 1.54) is 43.4 Å². The Morgan fingerprint density at radius 3 is 2.15 bits per heavy atom. The third-order valence-electron chi connectivity index (χ3n) is 4.54. The number of nitrogens with one attached hydrogen (secondary N) is 1. The van der Waals surface area contributed by atoms with Crippen LogP contribution in [0.4, 0.5) is 5.69 Å². The Balaban J connectivity index is 1.85. The molecule has 1 aromatic carbocycles. The van der Waals surface area contributed by atoms with Crippen LogP contribution in [0.15, 0.2) is 24.3 Å². The molecule has 0 spiro atoms. The summed E-state index contributed by atoms with van der Waals surface area (Å²) >= 11 is 0. The first-order chi connectivity index (χ1) is 9.49. The molecule has 0 saturated heterocycles. The first-order valence-corrected chi connectivity index (χ1v) is 8.06. The van der Waals surface area contributed by atoms with Crippen molar-refractivity contribution in [3.05, 3.63) is 29.8 Å². The summed E-state index contributed by atoms with van der Waals surface area (Å²) in [7, 11) is 0. The largest absolute Gasteiger partial charge is 0.382 e. The second kappa shape index (κ2) is 6.62. The quantitative estimate of drug-likeness (QED) is 0.859. The summed E-state index contributed by atoms with van der Waals surface area (Å²) in [6, 6.07) is 9.61. The standard InChI is InChI=1S/C18H30N2/c1-18(2,3)15-6-10-17(11-7-15)20-16-8-4-14(5-9-16)12-13-19/h6-7,10-11,14,16,20H,4-5,8-9,12-13,19H2,1-3H3. The van der Waals surface area contributed by atoms with Crippen molar-refractivity contribution in [2.24, 2.45) is 11.7 Å². The van der Waals surface area contributed by atoms with E-state index >= 15 is 0 Å². The van der Waals surface area contributed by atoms with Crippen molar-refractivity contribution in [1.29, 1.82) is 0 Å². The van der Waals surface area contributed by atoms with Crippen molar-refractivity contribution < 1.29 is 0 Å². The van der Waals surface area contributed by atoms with Gasteiger partial charge in [0.2, 0.25) is 0 Å². The molecule has 1 saturated carbocycles. The van der Waals surface area contributed by atoms with Gasteiger partial charge in [-0.25, -0.2) is 0 Å². The fourth-order valence-corrected chi connectivity index (χ4v) is 3.13. The maximum Gasteiger partial charge on any atom is 0.0342 e. The Morgan fingerprint density at radius 1 is 1.05 bits per heavy atom. The minimum absolute atomic E-state index is 0.235. The molecular weight excluding hydrogens is 244 g/mol. The maximum absolute atomic E-state index is 5.65. The van der Waals surface area contributed by atoms with Gasteiger partial charge in [-0.05, 0) is 67.7 Å². The zero-order valence-corrected chi connectivity index (χ0v) is 13.3. The lowest BCUT2D eigenvalue weighted by atomic mass is 9.84. The number of anilines is 1. The molecule has 1 aromatic rings. The highest BCUT2D eigenvalue weighted by molar-refractivity contribution is 5.46. The van der Waals surface area contributed by atoms with E-state index < -0.39 is 0 Å². The van der Waals surface area contributed by atoms with Crippen molar-refractivity contribution >= 4 is 5.69 Å². The number of rotatable bonds is 4. The van der Waals surface area contributed by atoms with Crippen LogP contribution < -0.4 is 11.1 Å². The van der Waals surface area contributed by atoms with Crippen LogP contribution in [0.25, 0.3) is 0 Å².